The summed E-state index contributed by atoms with van der Waals surface area (Å²) in [5.74, 6) is 0. The maximum absolute atomic E-state index is 2.36. The molecule has 0 aromatic heterocycles. The molecule has 0 aromatic rings. The highest BCUT2D eigenvalue weighted by Gasteiger charge is 2.19. The molecule has 1 N–H and O–H groups in total. The zero-order valence-electron chi connectivity index (χ0n) is 6.61. The Bertz CT molecular complexity index is 74.6. The topological polar surface area (TPSA) is 4.44 Å². The lowest BCUT2D eigenvalue weighted by molar-refractivity contribution is -0.911. The van der Waals surface area contributed by atoms with Crippen LogP contribution in [0.15, 0.2) is 0 Å². The lowest BCUT2D eigenvalue weighted by atomic mass is 10.2. The molecular formula is C8H18N+. The van der Waals surface area contributed by atoms with Crippen molar-refractivity contribution >= 4 is 0 Å². The van der Waals surface area contributed by atoms with Crippen LogP contribution < -0.4 is 4.90 Å². The van der Waals surface area contributed by atoms with Gasteiger partial charge < -0.3 is 4.90 Å². The van der Waals surface area contributed by atoms with Crippen molar-refractivity contribution in [2.75, 3.05) is 13.1 Å². The van der Waals surface area contributed by atoms with Gasteiger partial charge in [-0.1, -0.05) is 6.92 Å². The monoisotopic (exact) mass is 128 g/mol. The Kier molecular flexibility index (Phi) is 2.52. The summed E-state index contributed by atoms with van der Waals surface area (Å²) in [6.07, 6.45) is 4.26. The van der Waals surface area contributed by atoms with E-state index in [-0.39, 0.29) is 0 Å². The van der Waals surface area contributed by atoms with Gasteiger partial charge in [0.25, 0.3) is 0 Å². The summed E-state index contributed by atoms with van der Waals surface area (Å²) in [4.78, 5) is 1.83. The minimum atomic E-state index is 0.910. The SMILES string of the molecule is CCC(C)[NH+]1CCCC1. The molecule has 0 bridgehead atoms. The van der Waals surface area contributed by atoms with Gasteiger partial charge in [0.1, 0.15) is 0 Å². The first kappa shape index (κ1) is 7.07. The Morgan fingerprint density at radius 3 is 2.33 bits per heavy atom. The van der Waals surface area contributed by atoms with E-state index in [2.05, 4.69) is 13.8 Å². The van der Waals surface area contributed by atoms with Crippen molar-refractivity contribution in [2.45, 2.75) is 39.2 Å². The smallest absolute Gasteiger partial charge is 0.0843 e. The van der Waals surface area contributed by atoms with Gasteiger partial charge in [-0.05, 0) is 13.3 Å². The molecule has 1 saturated heterocycles. The number of likely N-dealkylation sites (tertiary alicyclic amines) is 1. The summed E-state index contributed by atoms with van der Waals surface area (Å²) in [5.41, 5.74) is 0. The number of quaternary nitrogens is 1. The fraction of sp³-hybridized carbons (Fsp3) is 1.00. The summed E-state index contributed by atoms with van der Waals surface area (Å²) in [6.45, 7) is 7.50. The van der Waals surface area contributed by atoms with E-state index in [1.165, 1.54) is 32.4 Å². The van der Waals surface area contributed by atoms with Gasteiger partial charge in [0.15, 0.2) is 0 Å². The van der Waals surface area contributed by atoms with Crippen molar-refractivity contribution in [1.29, 1.82) is 0 Å². The predicted molar refractivity (Wildman–Crippen MR) is 39.7 cm³/mol. The quantitative estimate of drug-likeness (QED) is 0.551. The van der Waals surface area contributed by atoms with Crippen molar-refractivity contribution in [3.63, 3.8) is 0 Å². The Balaban J connectivity index is 2.24. The molecular weight excluding hydrogens is 110 g/mol. The van der Waals surface area contributed by atoms with Crippen LogP contribution in [0.3, 0.4) is 0 Å². The zero-order valence-corrected chi connectivity index (χ0v) is 6.61. The number of hydrogen-bond acceptors (Lipinski definition) is 0. The minimum Gasteiger partial charge on any atom is -0.333 e. The summed E-state index contributed by atoms with van der Waals surface area (Å²) >= 11 is 0. The third-order valence-corrected chi connectivity index (χ3v) is 2.56. The van der Waals surface area contributed by atoms with E-state index in [0.29, 0.717) is 0 Å². The summed E-state index contributed by atoms with van der Waals surface area (Å²) in [7, 11) is 0. The maximum Gasteiger partial charge on any atom is 0.0843 e. The van der Waals surface area contributed by atoms with Crippen LogP contribution in [0, 0.1) is 0 Å². The molecule has 1 atom stereocenters. The second-order valence-electron chi connectivity index (χ2n) is 3.17. The van der Waals surface area contributed by atoms with Crippen LogP contribution in [0.5, 0.6) is 0 Å². The van der Waals surface area contributed by atoms with Crippen LogP contribution in [0.2, 0.25) is 0 Å². The molecule has 1 heteroatoms. The lowest BCUT2D eigenvalue weighted by Crippen LogP contribution is -3.13. The average Bonchev–Trinajstić information content (AvgIpc) is 2.37. The third-order valence-electron chi connectivity index (χ3n) is 2.56. The lowest BCUT2D eigenvalue weighted by Gasteiger charge is -2.18. The molecule has 1 fully saturated rings. The summed E-state index contributed by atoms with van der Waals surface area (Å²) < 4.78 is 0. The molecule has 0 spiro atoms. The molecule has 1 aliphatic heterocycles. The van der Waals surface area contributed by atoms with Gasteiger partial charge in [-0.2, -0.15) is 0 Å². The molecule has 1 unspecified atom stereocenters. The normalized spacial score (nSPS) is 24.7. The second kappa shape index (κ2) is 3.21. The van der Waals surface area contributed by atoms with Gasteiger partial charge in [0.2, 0.25) is 0 Å². The van der Waals surface area contributed by atoms with Crippen molar-refractivity contribution in [1.82, 2.24) is 0 Å². The zero-order chi connectivity index (χ0) is 6.69. The van der Waals surface area contributed by atoms with Crippen LogP contribution in [0.25, 0.3) is 0 Å². The molecule has 0 radical (unpaired) electrons. The van der Waals surface area contributed by atoms with Gasteiger partial charge in [0.05, 0.1) is 19.1 Å². The first-order valence-corrected chi connectivity index (χ1v) is 4.19. The Morgan fingerprint density at radius 1 is 1.33 bits per heavy atom. The third kappa shape index (κ3) is 1.68. The molecule has 9 heavy (non-hydrogen) atoms. The van der Waals surface area contributed by atoms with E-state index >= 15 is 0 Å². The highest BCUT2D eigenvalue weighted by Crippen LogP contribution is 1.92. The van der Waals surface area contributed by atoms with Gasteiger partial charge in [-0.3, -0.25) is 0 Å². The van der Waals surface area contributed by atoms with E-state index in [9.17, 15) is 0 Å². The number of hydrogen-bond donors (Lipinski definition) is 1. The maximum atomic E-state index is 2.36. The van der Waals surface area contributed by atoms with Gasteiger partial charge in [-0.15, -0.1) is 0 Å². The molecule has 1 heterocycles. The Labute approximate surface area is 58.0 Å². The molecule has 0 amide bonds. The summed E-state index contributed by atoms with van der Waals surface area (Å²) in [5, 5.41) is 0. The molecule has 1 aliphatic rings. The van der Waals surface area contributed by atoms with Crippen LogP contribution in [0.4, 0.5) is 0 Å². The standard InChI is InChI=1S/C8H17N/c1-3-8(2)9-6-4-5-7-9/h8H,3-7H2,1-2H3/p+1. The largest absolute Gasteiger partial charge is 0.333 e. The van der Waals surface area contributed by atoms with E-state index in [1.807, 2.05) is 4.90 Å². The van der Waals surface area contributed by atoms with Crippen molar-refractivity contribution in [3.05, 3.63) is 0 Å². The van der Waals surface area contributed by atoms with Crippen LogP contribution >= 0.6 is 0 Å². The Morgan fingerprint density at radius 2 is 1.89 bits per heavy atom. The number of nitrogens with one attached hydrogen (secondary N) is 1. The first-order valence-electron chi connectivity index (χ1n) is 4.19. The van der Waals surface area contributed by atoms with Gasteiger partial charge >= 0.3 is 0 Å². The van der Waals surface area contributed by atoms with Crippen LogP contribution in [-0.2, 0) is 0 Å². The van der Waals surface area contributed by atoms with Crippen molar-refractivity contribution < 1.29 is 4.90 Å². The molecule has 0 saturated carbocycles. The fourth-order valence-corrected chi connectivity index (χ4v) is 1.61. The highest BCUT2D eigenvalue weighted by molar-refractivity contribution is 4.49. The minimum absolute atomic E-state index is 0.910. The van der Waals surface area contributed by atoms with Crippen molar-refractivity contribution in [3.8, 4) is 0 Å². The Hall–Kier alpha value is -0.0400. The number of rotatable bonds is 2. The molecule has 0 aromatic carbocycles. The second-order valence-corrected chi connectivity index (χ2v) is 3.17. The first-order chi connectivity index (χ1) is 4.34. The van der Waals surface area contributed by atoms with E-state index in [0.717, 1.165) is 6.04 Å². The predicted octanol–water partition coefficient (Wildman–Crippen LogP) is 0.464. The van der Waals surface area contributed by atoms with E-state index in [4.69, 9.17) is 0 Å². The van der Waals surface area contributed by atoms with Crippen LogP contribution in [-0.4, -0.2) is 19.1 Å². The molecule has 1 rings (SSSR count). The average molecular weight is 128 g/mol. The molecule has 0 aliphatic carbocycles. The molecule has 54 valence electrons. The van der Waals surface area contributed by atoms with E-state index < -0.39 is 0 Å². The van der Waals surface area contributed by atoms with Gasteiger partial charge in [0, 0.05) is 12.8 Å². The molecule has 1 nitrogen and oxygen atoms in total. The van der Waals surface area contributed by atoms with Crippen LogP contribution in [0.1, 0.15) is 33.1 Å². The van der Waals surface area contributed by atoms with Crippen molar-refractivity contribution in [2.24, 2.45) is 0 Å². The highest BCUT2D eigenvalue weighted by atomic mass is 15.2. The van der Waals surface area contributed by atoms with Gasteiger partial charge in [-0.25, -0.2) is 0 Å². The van der Waals surface area contributed by atoms with E-state index in [1.54, 1.807) is 0 Å². The summed E-state index contributed by atoms with van der Waals surface area (Å²) in [6, 6.07) is 0.910. The fourth-order valence-electron chi connectivity index (χ4n) is 1.61.